The van der Waals surface area contributed by atoms with E-state index in [-0.39, 0.29) is 12.1 Å². The molecule has 0 aliphatic carbocycles. The van der Waals surface area contributed by atoms with Gasteiger partial charge in [0.05, 0.1) is 12.1 Å². The van der Waals surface area contributed by atoms with Crippen molar-refractivity contribution < 1.29 is 18.1 Å². The number of aromatic nitrogens is 1. The Labute approximate surface area is 152 Å². The van der Waals surface area contributed by atoms with Crippen molar-refractivity contribution in [3.05, 3.63) is 80.2 Å². The minimum atomic E-state index is -2.92. The van der Waals surface area contributed by atoms with Gasteiger partial charge in [0.25, 0.3) is 0 Å². The zero-order valence-corrected chi connectivity index (χ0v) is 15.0. The van der Waals surface area contributed by atoms with Crippen molar-refractivity contribution in [3.8, 4) is 0 Å². The SMILES string of the molecule is O=[N+]([O-])C(c1cn(Cc2ccc(Br)cc2F)c2ccccc12)S(=O)[O-]. The summed E-state index contributed by atoms with van der Waals surface area (Å²) in [4.78, 5) is 10.3. The third-order valence-electron chi connectivity index (χ3n) is 3.82. The van der Waals surface area contributed by atoms with Gasteiger partial charge >= 0.3 is 5.37 Å². The predicted molar refractivity (Wildman–Crippen MR) is 93.8 cm³/mol. The Morgan fingerprint density at radius 2 is 2.00 bits per heavy atom. The molecule has 2 unspecified atom stereocenters. The van der Waals surface area contributed by atoms with Crippen LogP contribution in [-0.4, -0.2) is 18.3 Å². The van der Waals surface area contributed by atoms with Crippen LogP contribution >= 0.6 is 15.9 Å². The average molecular weight is 426 g/mol. The molecule has 0 aliphatic heterocycles. The zero-order chi connectivity index (χ0) is 18.1. The highest BCUT2D eigenvalue weighted by Gasteiger charge is 2.28. The lowest BCUT2D eigenvalue weighted by molar-refractivity contribution is -0.502. The second kappa shape index (κ2) is 7.03. The van der Waals surface area contributed by atoms with Gasteiger partial charge in [-0.15, -0.1) is 0 Å². The van der Waals surface area contributed by atoms with Crippen LogP contribution in [-0.2, 0) is 17.6 Å². The van der Waals surface area contributed by atoms with Gasteiger partial charge in [-0.05, 0) is 18.2 Å². The van der Waals surface area contributed by atoms with Gasteiger partial charge in [-0.3, -0.25) is 14.3 Å². The molecule has 25 heavy (non-hydrogen) atoms. The van der Waals surface area contributed by atoms with Crippen molar-refractivity contribution in [2.45, 2.75) is 11.9 Å². The van der Waals surface area contributed by atoms with E-state index in [1.807, 2.05) is 0 Å². The minimum Gasteiger partial charge on any atom is -0.767 e. The summed E-state index contributed by atoms with van der Waals surface area (Å²) < 4.78 is 39.0. The van der Waals surface area contributed by atoms with Crippen molar-refractivity contribution in [1.29, 1.82) is 0 Å². The molecule has 3 aromatic rings. The Morgan fingerprint density at radius 3 is 2.64 bits per heavy atom. The molecule has 2 aromatic carbocycles. The Kier molecular flexibility index (Phi) is 4.98. The largest absolute Gasteiger partial charge is 0.767 e. The summed E-state index contributed by atoms with van der Waals surface area (Å²) in [5.41, 5.74) is 1.04. The summed E-state index contributed by atoms with van der Waals surface area (Å²) in [6.45, 7) is 0.121. The van der Waals surface area contributed by atoms with E-state index in [4.69, 9.17) is 0 Å². The number of nitro groups is 1. The molecule has 1 heterocycles. The molecular weight excluding hydrogens is 415 g/mol. The van der Waals surface area contributed by atoms with E-state index >= 15 is 0 Å². The van der Waals surface area contributed by atoms with Crippen LogP contribution in [0, 0.1) is 15.9 Å². The molecule has 0 radical (unpaired) electrons. The number of hydrogen-bond acceptors (Lipinski definition) is 4. The minimum absolute atomic E-state index is 0.0615. The van der Waals surface area contributed by atoms with Crippen LogP contribution < -0.4 is 0 Å². The van der Waals surface area contributed by atoms with Crippen LogP contribution in [0.4, 0.5) is 4.39 Å². The maximum absolute atomic E-state index is 14.1. The maximum Gasteiger partial charge on any atom is 0.300 e. The molecule has 0 amide bonds. The number of halogens is 2. The van der Waals surface area contributed by atoms with Crippen molar-refractivity contribution >= 4 is 37.9 Å². The lowest BCUT2D eigenvalue weighted by atomic mass is 10.2. The van der Waals surface area contributed by atoms with E-state index < -0.39 is 27.2 Å². The van der Waals surface area contributed by atoms with Crippen LogP contribution in [0.5, 0.6) is 0 Å². The summed E-state index contributed by atoms with van der Waals surface area (Å²) in [7, 11) is 0. The fraction of sp³-hybridized carbons (Fsp3) is 0.125. The summed E-state index contributed by atoms with van der Waals surface area (Å²) in [5.74, 6) is -0.424. The van der Waals surface area contributed by atoms with Gasteiger partial charge in [0, 0.05) is 43.1 Å². The number of benzene rings is 2. The van der Waals surface area contributed by atoms with Crippen LogP contribution in [0.15, 0.2) is 53.1 Å². The first-order valence-corrected chi connectivity index (χ1v) is 9.05. The molecule has 0 saturated heterocycles. The zero-order valence-electron chi connectivity index (χ0n) is 12.6. The van der Waals surface area contributed by atoms with E-state index in [1.165, 1.54) is 12.3 Å². The molecule has 0 spiro atoms. The standard InChI is InChI=1S/C16H12BrFN2O4S/c17-11-6-5-10(14(18)7-11)8-19-9-13(16(20(21)22)25(23)24)12-3-1-2-4-15(12)19/h1-7,9,16H,8H2,(H,23,24)/p-1. The number of rotatable bonds is 5. The van der Waals surface area contributed by atoms with Gasteiger partial charge < -0.3 is 9.12 Å². The number of para-hydroxylation sites is 1. The first kappa shape index (κ1) is 17.7. The third kappa shape index (κ3) is 3.48. The van der Waals surface area contributed by atoms with Gasteiger partial charge in [-0.2, -0.15) is 0 Å². The van der Waals surface area contributed by atoms with E-state index in [0.29, 0.717) is 20.9 Å². The van der Waals surface area contributed by atoms with Crippen LogP contribution in [0.1, 0.15) is 16.5 Å². The van der Waals surface area contributed by atoms with Crippen molar-refractivity contribution in [2.75, 3.05) is 0 Å². The summed E-state index contributed by atoms with van der Waals surface area (Å²) in [6.07, 6.45) is 1.40. The fourth-order valence-corrected chi connectivity index (χ4v) is 3.59. The highest BCUT2D eigenvalue weighted by atomic mass is 79.9. The van der Waals surface area contributed by atoms with Gasteiger partial charge in [0.15, 0.2) is 0 Å². The molecule has 2 atom stereocenters. The van der Waals surface area contributed by atoms with Gasteiger partial charge in [-0.1, -0.05) is 40.2 Å². The van der Waals surface area contributed by atoms with E-state index in [2.05, 4.69) is 15.9 Å². The number of hydrogen-bond donors (Lipinski definition) is 0. The van der Waals surface area contributed by atoms with Crippen LogP contribution in [0.3, 0.4) is 0 Å². The first-order chi connectivity index (χ1) is 11.9. The summed E-state index contributed by atoms with van der Waals surface area (Å²) in [6, 6.07) is 11.3. The monoisotopic (exact) mass is 425 g/mol. The summed E-state index contributed by atoms with van der Waals surface area (Å²) >= 11 is 0.262. The molecule has 3 rings (SSSR count). The normalized spacial score (nSPS) is 13.7. The molecule has 0 aliphatic rings. The lowest BCUT2D eigenvalue weighted by Crippen LogP contribution is -2.15. The Hall–Kier alpha value is -2.10. The quantitative estimate of drug-likeness (QED) is 0.353. The lowest BCUT2D eigenvalue weighted by Gasteiger charge is -2.11. The molecule has 6 nitrogen and oxygen atoms in total. The average Bonchev–Trinajstić information content (AvgIpc) is 2.88. The summed E-state index contributed by atoms with van der Waals surface area (Å²) in [5, 5.41) is 9.76. The molecule has 0 saturated carbocycles. The highest BCUT2D eigenvalue weighted by molar-refractivity contribution is 9.10. The molecule has 0 fully saturated rings. The van der Waals surface area contributed by atoms with E-state index in [1.54, 1.807) is 41.0 Å². The van der Waals surface area contributed by atoms with Gasteiger partial charge in [0.2, 0.25) is 0 Å². The van der Waals surface area contributed by atoms with Gasteiger partial charge in [-0.25, -0.2) is 4.39 Å². The van der Waals surface area contributed by atoms with Gasteiger partial charge in [0.1, 0.15) is 5.82 Å². The number of fused-ring (bicyclic) bond motifs is 1. The van der Waals surface area contributed by atoms with Crippen molar-refractivity contribution in [3.63, 3.8) is 0 Å². The molecular formula is C16H11BrFN2O4S-. The molecule has 0 N–H and O–H groups in total. The molecule has 1 aromatic heterocycles. The van der Waals surface area contributed by atoms with Crippen LogP contribution in [0.25, 0.3) is 10.9 Å². The predicted octanol–water partition coefficient (Wildman–Crippen LogP) is 3.75. The first-order valence-electron chi connectivity index (χ1n) is 7.11. The maximum atomic E-state index is 14.1. The molecule has 0 bridgehead atoms. The third-order valence-corrected chi connectivity index (χ3v) is 5.10. The number of nitrogens with zero attached hydrogens (tertiary/aromatic N) is 2. The Morgan fingerprint density at radius 1 is 1.28 bits per heavy atom. The van der Waals surface area contributed by atoms with Crippen LogP contribution in [0.2, 0.25) is 0 Å². The Bertz CT molecular complexity index is 977. The van der Waals surface area contributed by atoms with Crippen molar-refractivity contribution in [1.82, 2.24) is 4.57 Å². The molecule has 9 heteroatoms. The smallest absolute Gasteiger partial charge is 0.300 e. The second-order valence-corrected chi connectivity index (χ2v) is 7.25. The Balaban J connectivity index is 2.13. The topological polar surface area (TPSA) is 88.2 Å². The second-order valence-electron chi connectivity index (χ2n) is 5.36. The van der Waals surface area contributed by atoms with Crippen molar-refractivity contribution in [2.24, 2.45) is 0 Å². The highest BCUT2D eigenvalue weighted by Crippen LogP contribution is 2.30. The van der Waals surface area contributed by atoms with E-state index in [0.717, 1.165) is 0 Å². The molecule has 130 valence electrons. The van der Waals surface area contributed by atoms with E-state index in [9.17, 15) is 23.3 Å². The fourth-order valence-electron chi connectivity index (χ4n) is 2.72.